The Hall–Kier alpha value is -0.140. The first-order chi connectivity index (χ1) is 11.2. The Bertz CT molecular complexity index is 371. The summed E-state index contributed by atoms with van der Waals surface area (Å²) in [4.78, 5) is 14.6. The Morgan fingerprint density at radius 3 is 2.38 bits per heavy atom. The summed E-state index contributed by atoms with van der Waals surface area (Å²) in [6.07, 6.45) is 3.60. The van der Waals surface area contributed by atoms with Crippen LogP contribution in [0.4, 0.5) is 0 Å². The number of aliphatic hydroxyl groups is 1. The van der Waals surface area contributed by atoms with Crippen LogP contribution in [0.15, 0.2) is 0 Å². The van der Waals surface area contributed by atoms with Crippen LogP contribution in [0.5, 0.6) is 0 Å². The number of hydrogen-bond acceptors (Lipinski definition) is 6. The summed E-state index contributed by atoms with van der Waals surface area (Å²) in [7, 11) is 0. The molecule has 1 saturated heterocycles. The van der Waals surface area contributed by atoms with Crippen molar-refractivity contribution in [2.24, 2.45) is 0 Å². The SMILES string of the molecule is CCOC(CO)OCCSC(=O)CCN1C(C)(C)CCCC1(C)C. The van der Waals surface area contributed by atoms with E-state index in [0.29, 0.717) is 25.4 Å². The number of ether oxygens (including phenoxy) is 2. The van der Waals surface area contributed by atoms with Crippen molar-refractivity contribution < 1.29 is 19.4 Å². The van der Waals surface area contributed by atoms with Crippen LogP contribution in [0.3, 0.4) is 0 Å². The van der Waals surface area contributed by atoms with Gasteiger partial charge in [0.25, 0.3) is 0 Å². The number of carbonyl (C=O) groups excluding carboxylic acids is 1. The number of rotatable bonds is 10. The molecule has 5 nitrogen and oxygen atoms in total. The molecule has 1 fully saturated rings. The van der Waals surface area contributed by atoms with Crippen molar-refractivity contribution in [3.8, 4) is 0 Å². The lowest BCUT2D eigenvalue weighted by Gasteiger charge is -2.53. The van der Waals surface area contributed by atoms with Gasteiger partial charge in [-0.3, -0.25) is 9.69 Å². The number of thioether (sulfide) groups is 1. The van der Waals surface area contributed by atoms with Crippen LogP contribution < -0.4 is 0 Å². The number of hydrogen-bond donors (Lipinski definition) is 1. The van der Waals surface area contributed by atoms with E-state index in [1.165, 1.54) is 31.0 Å². The average molecular weight is 362 g/mol. The topological polar surface area (TPSA) is 59.0 Å². The van der Waals surface area contributed by atoms with Crippen molar-refractivity contribution in [1.82, 2.24) is 4.90 Å². The zero-order chi connectivity index (χ0) is 18.2. The van der Waals surface area contributed by atoms with Crippen molar-refractivity contribution in [2.45, 2.75) is 77.7 Å². The molecule has 0 aliphatic carbocycles. The van der Waals surface area contributed by atoms with E-state index in [4.69, 9.17) is 14.6 Å². The van der Waals surface area contributed by atoms with Crippen LogP contribution in [0.2, 0.25) is 0 Å². The van der Waals surface area contributed by atoms with Gasteiger partial charge in [0.1, 0.15) is 0 Å². The van der Waals surface area contributed by atoms with Gasteiger partial charge in [-0.05, 0) is 53.9 Å². The zero-order valence-corrected chi connectivity index (χ0v) is 16.8. The minimum atomic E-state index is -0.583. The molecule has 0 radical (unpaired) electrons. The zero-order valence-electron chi connectivity index (χ0n) is 16.0. The Morgan fingerprint density at radius 1 is 1.21 bits per heavy atom. The van der Waals surface area contributed by atoms with Crippen LogP contribution in [0, 0.1) is 0 Å². The molecule has 0 spiro atoms. The van der Waals surface area contributed by atoms with Crippen LogP contribution in [-0.2, 0) is 14.3 Å². The fraction of sp³-hybridized carbons (Fsp3) is 0.944. The highest BCUT2D eigenvalue weighted by atomic mass is 32.2. The molecule has 1 atom stereocenters. The van der Waals surface area contributed by atoms with E-state index in [-0.39, 0.29) is 22.8 Å². The first-order valence-electron chi connectivity index (χ1n) is 9.00. The summed E-state index contributed by atoms with van der Waals surface area (Å²) in [5.74, 6) is 0.592. The van der Waals surface area contributed by atoms with Crippen molar-refractivity contribution in [2.75, 3.05) is 32.1 Å². The highest BCUT2D eigenvalue weighted by Gasteiger charge is 2.40. The van der Waals surface area contributed by atoms with E-state index < -0.39 is 6.29 Å². The lowest BCUT2D eigenvalue weighted by molar-refractivity contribution is -0.156. The van der Waals surface area contributed by atoms with Gasteiger partial charge >= 0.3 is 0 Å². The molecule has 0 amide bonds. The van der Waals surface area contributed by atoms with E-state index >= 15 is 0 Å². The standard InChI is InChI=1S/C18H35NO4S/c1-6-22-16(14-20)23-12-13-24-15(21)8-11-19-17(2,3)9-7-10-18(19,4)5/h16,20H,6-14H2,1-5H3. The van der Waals surface area contributed by atoms with Gasteiger partial charge in [-0.25, -0.2) is 0 Å². The second kappa shape index (κ2) is 10.1. The monoisotopic (exact) mass is 361 g/mol. The van der Waals surface area contributed by atoms with Crippen molar-refractivity contribution in [3.63, 3.8) is 0 Å². The van der Waals surface area contributed by atoms with E-state index in [0.717, 1.165) is 6.54 Å². The molecular weight excluding hydrogens is 326 g/mol. The molecule has 0 saturated carbocycles. The average Bonchev–Trinajstić information content (AvgIpc) is 2.48. The first-order valence-corrected chi connectivity index (χ1v) is 9.99. The summed E-state index contributed by atoms with van der Waals surface area (Å²) < 4.78 is 10.6. The van der Waals surface area contributed by atoms with E-state index in [2.05, 4.69) is 32.6 Å². The minimum Gasteiger partial charge on any atom is -0.391 e. The lowest BCUT2D eigenvalue weighted by atomic mass is 9.80. The maximum atomic E-state index is 12.1. The Morgan fingerprint density at radius 2 is 1.83 bits per heavy atom. The third kappa shape index (κ3) is 7.00. The van der Waals surface area contributed by atoms with E-state index in [1.807, 2.05) is 6.92 Å². The predicted octanol–water partition coefficient (Wildman–Crippen LogP) is 3.05. The molecule has 1 heterocycles. The first kappa shape index (κ1) is 21.9. The highest BCUT2D eigenvalue weighted by molar-refractivity contribution is 8.13. The van der Waals surface area contributed by atoms with Gasteiger partial charge in [-0.1, -0.05) is 11.8 Å². The van der Waals surface area contributed by atoms with Crippen LogP contribution in [0.1, 0.15) is 60.3 Å². The molecule has 1 unspecified atom stereocenters. The van der Waals surface area contributed by atoms with Gasteiger partial charge in [-0.2, -0.15) is 0 Å². The number of nitrogens with zero attached hydrogens (tertiary/aromatic N) is 1. The van der Waals surface area contributed by atoms with Crippen molar-refractivity contribution in [3.05, 3.63) is 0 Å². The third-order valence-electron chi connectivity index (χ3n) is 4.73. The number of likely N-dealkylation sites (tertiary alicyclic amines) is 1. The largest absolute Gasteiger partial charge is 0.391 e. The van der Waals surface area contributed by atoms with Crippen molar-refractivity contribution >= 4 is 16.9 Å². The lowest BCUT2D eigenvalue weighted by Crippen LogP contribution is -2.58. The smallest absolute Gasteiger partial charge is 0.190 e. The fourth-order valence-electron chi connectivity index (χ4n) is 3.60. The van der Waals surface area contributed by atoms with Crippen LogP contribution >= 0.6 is 11.8 Å². The fourth-order valence-corrected chi connectivity index (χ4v) is 4.24. The normalized spacial score (nSPS) is 21.6. The number of aliphatic hydroxyl groups excluding tert-OH is 1. The summed E-state index contributed by atoms with van der Waals surface area (Å²) in [5, 5.41) is 9.26. The van der Waals surface area contributed by atoms with Gasteiger partial charge in [0.2, 0.25) is 0 Å². The molecule has 1 aliphatic heterocycles. The second-order valence-corrected chi connectivity index (χ2v) is 8.69. The number of piperidine rings is 1. The molecule has 0 aromatic heterocycles. The van der Waals surface area contributed by atoms with Crippen molar-refractivity contribution in [1.29, 1.82) is 0 Å². The Labute approximate surface area is 151 Å². The Kier molecular flexibility index (Phi) is 9.23. The van der Waals surface area contributed by atoms with Crippen LogP contribution in [-0.4, -0.2) is 64.6 Å². The molecule has 0 bridgehead atoms. The summed E-state index contributed by atoms with van der Waals surface area (Å²) in [5.41, 5.74) is 0.309. The maximum Gasteiger partial charge on any atom is 0.190 e. The second-order valence-electron chi connectivity index (χ2n) is 7.54. The molecule has 0 aromatic rings. The van der Waals surface area contributed by atoms with E-state index in [1.54, 1.807) is 0 Å². The van der Waals surface area contributed by atoms with Crippen LogP contribution in [0.25, 0.3) is 0 Å². The molecular formula is C18H35NO4S. The summed E-state index contributed by atoms with van der Waals surface area (Å²) in [6.45, 7) is 12.5. The molecule has 0 aromatic carbocycles. The molecule has 1 rings (SSSR count). The molecule has 1 N–H and O–H groups in total. The molecule has 6 heteroatoms. The molecule has 142 valence electrons. The van der Waals surface area contributed by atoms with Gasteiger partial charge in [-0.15, -0.1) is 0 Å². The van der Waals surface area contributed by atoms with Gasteiger partial charge < -0.3 is 14.6 Å². The highest BCUT2D eigenvalue weighted by Crippen LogP contribution is 2.38. The maximum absolute atomic E-state index is 12.1. The summed E-state index contributed by atoms with van der Waals surface area (Å²) in [6, 6.07) is 0. The minimum absolute atomic E-state index is 0.154. The quantitative estimate of drug-likeness (QED) is 0.477. The van der Waals surface area contributed by atoms with Gasteiger partial charge in [0.05, 0.1) is 13.2 Å². The predicted molar refractivity (Wildman–Crippen MR) is 99.2 cm³/mol. The van der Waals surface area contributed by atoms with Gasteiger partial charge in [0, 0.05) is 36.4 Å². The third-order valence-corrected chi connectivity index (χ3v) is 5.63. The Balaban J connectivity index is 2.30. The molecule has 24 heavy (non-hydrogen) atoms. The van der Waals surface area contributed by atoms with Gasteiger partial charge in [0.15, 0.2) is 11.4 Å². The molecule has 1 aliphatic rings. The summed E-state index contributed by atoms with van der Waals surface area (Å²) >= 11 is 1.31. The number of carbonyl (C=O) groups is 1. The van der Waals surface area contributed by atoms with E-state index in [9.17, 15) is 4.79 Å².